The monoisotopic (exact) mass is 344 g/mol. The Bertz CT molecular complexity index is 966. The minimum Gasteiger partial charge on any atom is -0.509 e. The number of carbonyl (C=O) groups is 1. The van der Waals surface area contributed by atoms with Gasteiger partial charge in [-0.2, -0.15) is 5.10 Å². The molecular weight excluding hydrogens is 326 g/mol. The lowest BCUT2D eigenvalue weighted by molar-refractivity contribution is -0.123. The molecule has 0 radical (unpaired) electrons. The number of fused-ring (bicyclic) bond motifs is 1. The molecule has 5 nitrogen and oxygen atoms in total. The summed E-state index contributed by atoms with van der Waals surface area (Å²) in [7, 11) is 3.63. The van der Waals surface area contributed by atoms with Crippen molar-refractivity contribution in [1.82, 2.24) is 5.43 Å². The Morgan fingerprint density at radius 3 is 2.50 bits per heavy atom. The number of phenols is 1. The van der Waals surface area contributed by atoms with Gasteiger partial charge in [-0.15, -0.1) is 0 Å². The first-order valence-corrected chi connectivity index (χ1v) is 8.26. The highest BCUT2D eigenvalue weighted by Crippen LogP contribution is 2.20. The quantitative estimate of drug-likeness (QED) is 0.376. The van der Waals surface area contributed by atoms with Gasteiger partial charge in [-0.3, -0.25) is 4.79 Å². The molecule has 3 aromatic rings. The van der Waals surface area contributed by atoms with Crippen molar-refractivity contribution < 1.29 is 14.6 Å². The number of hydrogen-bond donors (Lipinski definition) is 2. The van der Waals surface area contributed by atoms with Crippen LogP contribution in [0.3, 0.4) is 0 Å². The summed E-state index contributed by atoms with van der Waals surface area (Å²) >= 11 is 0. The second kappa shape index (κ2) is 7.78. The summed E-state index contributed by atoms with van der Waals surface area (Å²) in [5.41, 5.74) is 4.76. The number of amides is 1. The average molecular weight is 344 g/mol. The van der Waals surface area contributed by atoms with Crippen molar-refractivity contribution in [3.8, 4) is 11.5 Å². The highest BCUT2D eigenvalue weighted by molar-refractivity contribution is 6.41. The lowest BCUT2D eigenvalue weighted by Gasteiger charge is -2.07. The van der Waals surface area contributed by atoms with E-state index in [0.29, 0.717) is 5.75 Å². The van der Waals surface area contributed by atoms with E-state index in [9.17, 15) is 9.90 Å². The Morgan fingerprint density at radius 2 is 1.77 bits per heavy atom. The molecule has 128 valence electrons. The van der Waals surface area contributed by atoms with Crippen molar-refractivity contribution in [1.29, 1.82) is 0 Å². The fraction of sp³-hybridized carbons (Fsp3) is 0.0526. The first-order valence-electron chi connectivity index (χ1n) is 8.26. The van der Waals surface area contributed by atoms with Gasteiger partial charge in [-0.05, 0) is 39.4 Å². The lowest BCUT2D eigenvalue weighted by atomic mass is 9.84. The van der Waals surface area contributed by atoms with Crippen molar-refractivity contribution in [2.45, 2.75) is 0 Å². The summed E-state index contributed by atoms with van der Waals surface area (Å²) in [6.45, 7) is -0.122. The van der Waals surface area contributed by atoms with Crippen LogP contribution in [0.15, 0.2) is 59.7 Å². The number of hydrogen-bond acceptors (Lipinski definition) is 4. The predicted molar refractivity (Wildman–Crippen MR) is 110 cm³/mol. The molecule has 0 aliphatic rings. The Balaban J connectivity index is 1.55. The van der Waals surface area contributed by atoms with E-state index in [0.717, 1.165) is 27.3 Å². The first kappa shape index (κ1) is 17.6. The minimum atomic E-state index is -0.346. The molecule has 0 heterocycles. The van der Waals surface area contributed by atoms with Crippen LogP contribution in [0.4, 0.5) is 0 Å². The van der Waals surface area contributed by atoms with Crippen LogP contribution in [0, 0.1) is 0 Å². The number of rotatable bonds is 5. The normalized spacial score (nSPS) is 10.9. The molecule has 3 aromatic carbocycles. The van der Waals surface area contributed by atoms with Gasteiger partial charge in [0.1, 0.15) is 27.2 Å². The van der Waals surface area contributed by atoms with Crippen LogP contribution < -0.4 is 21.1 Å². The predicted octanol–water partition coefficient (Wildman–Crippen LogP) is -0.409. The molecule has 7 heteroatoms. The Morgan fingerprint density at radius 1 is 1.08 bits per heavy atom. The van der Waals surface area contributed by atoms with E-state index >= 15 is 0 Å². The molecule has 0 unspecified atom stereocenters. The Labute approximate surface area is 153 Å². The maximum absolute atomic E-state index is 11.9. The van der Waals surface area contributed by atoms with Gasteiger partial charge in [-0.1, -0.05) is 42.5 Å². The van der Waals surface area contributed by atoms with Crippen LogP contribution in [0.1, 0.15) is 5.56 Å². The second-order valence-electron chi connectivity index (χ2n) is 6.09. The van der Waals surface area contributed by atoms with Crippen LogP contribution >= 0.6 is 0 Å². The maximum Gasteiger partial charge on any atom is 0.277 e. The molecule has 2 N–H and O–H groups in total. The van der Waals surface area contributed by atoms with E-state index in [1.165, 1.54) is 6.21 Å². The number of nitrogens with zero attached hydrogens (tertiary/aromatic N) is 1. The standard InChI is InChI=1S/C19H18B2N2O3/c20-16-7-12(8-17(21)19(16)25)10-22-23-18(24)11-26-15-6-5-13-3-1-2-4-14(13)9-15/h1-10,25H,11,20-21H2,(H,23,24)/b22-10+. The summed E-state index contributed by atoms with van der Waals surface area (Å²) in [4.78, 5) is 11.9. The summed E-state index contributed by atoms with van der Waals surface area (Å²) in [5, 5.41) is 15.9. The van der Waals surface area contributed by atoms with Crippen LogP contribution in [-0.4, -0.2) is 39.5 Å². The topological polar surface area (TPSA) is 70.9 Å². The highest BCUT2D eigenvalue weighted by atomic mass is 16.5. The molecule has 0 spiro atoms. The smallest absolute Gasteiger partial charge is 0.277 e. The van der Waals surface area contributed by atoms with Crippen LogP contribution in [0.5, 0.6) is 11.5 Å². The summed E-state index contributed by atoms with van der Waals surface area (Å²) in [6, 6.07) is 17.2. The van der Waals surface area contributed by atoms with Crippen molar-refractivity contribution in [2.75, 3.05) is 6.61 Å². The molecule has 0 fully saturated rings. The van der Waals surface area contributed by atoms with Gasteiger partial charge in [-0.25, -0.2) is 5.43 Å². The van der Waals surface area contributed by atoms with Gasteiger partial charge in [0, 0.05) is 0 Å². The second-order valence-corrected chi connectivity index (χ2v) is 6.09. The van der Waals surface area contributed by atoms with Gasteiger partial charge in [0.15, 0.2) is 6.61 Å². The molecule has 0 saturated heterocycles. The number of hydrazone groups is 1. The highest BCUT2D eigenvalue weighted by Gasteiger charge is 2.04. The van der Waals surface area contributed by atoms with Gasteiger partial charge >= 0.3 is 0 Å². The molecule has 0 atom stereocenters. The van der Waals surface area contributed by atoms with Crippen LogP contribution in [0.2, 0.25) is 0 Å². The van der Waals surface area contributed by atoms with Crippen molar-refractivity contribution in [3.63, 3.8) is 0 Å². The fourth-order valence-electron chi connectivity index (χ4n) is 2.68. The minimum absolute atomic E-state index is 0.122. The fourth-order valence-corrected chi connectivity index (χ4v) is 2.68. The van der Waals surface area contributed by atoms with E-state index in [4.69, 9.17) is 4.74 Å². The molecule has 1 amide bonds. The Hall–Kier alpha value is -3.21. The SMILES string of the molecule is Bc1cc(/C=N/NC(=O)COc2ccc3ccccc3c2)cc(B)c1O. The van der Waals surface area contributed by atoms with Crippen LogP contribution in [0.25, 0.3) is 10.8 Å². The van der Waals surface area contributed by atoms with E-state index < -0.39 is 0 Å². The summed E-state index contributed by atoms with van der Waals surface area (Å²) in [5.74, 6) is 0.559. The molecular formula is C19H18B2N2O3. The summed E-state index contributed by atoms with van der Waals surface area (Å²) < 4.78 is 5.51. The van der Waals surface area contributed by atoms with Crippen molar-refractivity contribution in [2.24, 2.45) is 5.10 Å². The van der Waals surface area contributed by atoms with E-state index in [1.807, 2.05) is 58.2 Å². The zero-order valence-corrected chi connectivity index (χ0v) is 14.7. The number of ether oxygens (including phenoxy) is 1. The molecule has 0 aromatic heterocycles. The van der Waals surface area contributed by atoms with Crippen LogP contribution in [-0.2, 0) is 4.79 Å². The third-order valence-corrected chi connectivity index (χ3v) is 4.01. The zero-order valence-electron chi connectivity index (χ0n) is 14.7. The van der Waals surface area contributed by atoms with Crippen molar-refractivity contribution >= 4 is 49.5 Å². The molecule has 0 bridgehead atoms. The number of phenolic OH excluding ortho intramolecular Hbond substituents is 1. The zero-order chi connectivity index (χ0) is 18.5. The third kappa shape index (κ3) is 4.25. The number of nitrogens with one attached hydrogen (secondary N) is 1. The number of carbonyl (C=O) groups excluding carboxylic acids is 1. The summed E-state index contributed by atoms with van der Waals surface area (Å²) in [6.07, 6.45) is 1.54. The molecule has 3 rings (SSSR count). The molecule has 26 heavy (non-hydrogen) atoms. The number of benzene rings is 3. The van der Waals surface area contributed by atoms with E-state index in [-0.39, 0.29) is 18.3 Å². The average Bonchev–Trinajstić information content (AvgIpc) is 2.64. The van der Waals surface area contributed by atoms with E-state index in [2.05, 4.69) is 10.5 Å². The van der Waals surface area contributed by atoms with Gasteiger partial charge in [0.2, 0.25) is 0 Å². The van der Waals surface area contributed by atoms with Crippen molar-refractivity contribution in [3.05, 3.63) is 60.2 Å². The van der Waals surface area contributed by atoms with Gasteiger partial charge in [0.05, 0.1) is 6.21 Å². The largest absolute Gasteiger partial charge is 0.509 e. The maximum atomic E-state index is 11.9. The molecule has 0 aliphatic heterocycles. The molecule has 0 saturated carbocycles. The third-order valence-electron chi connectivity index (χ3n) is 4.01. The number of aromatic hydroxyl groups is 1. The van der Waals surface area contributed by atoms with E-state index in [1.54, 1.807) is 12.1 Å². The molecule has 0 aliphatic carbocycles. The first-order chi connectivity index (χ1) is 12.5. The van der Waals surface area contributed by atoms with Gasteiger partial charge < -0.3 is 9.84 Å². The Kier molecular flexibility index (Phi) is 5.27. The van der Waals surface area contributed by atoms with Gasteiger partial charge in [0.25, 0.3) is 5.91 Å². The lowest BCUT2D eigenvalue weighted by Crippen LogP contribution is -2.24.